The highest BCUT2D eigenvalue weighted by Crippen LogP contribution is 2.34. The molecule has 2 atom stereocenters. The third kappa shape index (κ3) is 6.36. The van der Waals surface area contributed by atoms with Gasteiger partial charge in [-0.3, -0.25) is 4.79 Å². The van der Waals surface area contributed by atoms with Gasteiger partial charge in [0.1, 0.15) is 11.6 Å². The lowest BCUT2D eigenvalue weighted by molar-refractivity contribution is -0.134. The summed E-state index contributed by atoms with van der Waals surface area (Å²) in [5.41, 5.74) is 0.485. The van der Waals surface area contributed by atoms with Gasteiger partial charge in [-0.1, -0.05) is 43.2 Å². The van der Waals surface area contributed by atoms with Crippen molar-refractivity contribution in [2.75, 3.05) is 7.05 Å². The van der Waals surface area contributed by atoms with Crippen LogP contribution in [-0.4, -0.2) is 35.6 Å². The average Bonchev–Trinajstić information content (AvgIpc) is 3.40. The number of ether oxygens (including phenoxy) is 1. The predicted octanol–water partition coefficient (Wildman–Crippen LogP) is 4.29. The minimum Gasteiger partial charge on any atom is -0.444 e. The van der Waals surface area contributed by atoms with Gasteiger partial charge in [-0.25, -0.2) is 4.79 Å². The summed E-state index contributed by atoms with van der Waals surface area (Å²) >= 11 is 0. The fourth-order valence-electron chi connectivity index (χ4n) is 2.91. The standard InChI is InChI=1S/C21H32N2O3/c1-15(17-9-7-6-8-10-17)23(5)19(24)18(14-13-16-11-12-16)22-20(25)26-21(2,3)4/h6-10,15-16,18H,11-14H2,1-5H3,(H,22,25)/t15-,18?/m1/s1. The molecule has 0 spiro atoms. The van der Waals surface area contributed by atoms with Gasteiger partial charge in [0.25, 0.3) is 0 Å². The molecule has 0 aromatic heterocycles. The summed E-state index contributed by atoms with van der Waals surface area (Å²) in [6, 6.07) is 9.29. The van der Waals surface area contributed by atoms with E-state index >= 15 is 0 Å². The fourth-order valence-corrected chi connectivity index (χ4v) is 2.91. The average molecular weight is 360 g/mol. The van der Waals surface area contributed by atoms with Crippen LogP contribution in [-0.2, 0) is 9.53 Å². The van der Waals surface area contributed by atoms with Crippen LogP contribution in [0.4, 0.5) is 4.79 Å². The number of rotatable bonds is 7. The monoisotopic (exact) mass is 360 g/mol. The molecule has 1 aliphatic carbocycles. The minimum atomic E-state index is -0.586. The van der Waals surface area contributed by atoms with E-state index < -0.39 is 17.7 Å². The first-order valence-corrected chi connectivity index (χ1v) is 9.48. The molecular weight excluding hydrogens is 328 g/mol. The number of hydrogen-bond acceptors (Lipinski definition) is 3. The highest BCUT2D eigenvalue weighted by Gasteiger charge is 2.31. The molecule has 1 aromatic carbocycles. The molecule has 0 heterocycles. The third-order valence-corrected chi connectivity index (χ3v) is 4.76. The molecule has 0 radical (unpaired) electrons. The second kappa shape index (κ2) is 8.56. The molecule has 0 aliphatic heterocycles. The second-order valence-corrected chi connectivity index (χ2v) is 8.26. The van der Waals surface area contributed by atoms with E-state index in [1.54, 1.807) is 11.9 Å². The smallest absolute Gasteiger partial charge is 0.408 e. The van der Waals surface area contributed by atoms with Crippen LogP contribution in [0, 0.1) is 5.92 Å². The van der Waals surface area contributed by atoms with E-state index in [4.69, 9.17) is 4.74 Å². The first kappa shape index (κ1) is 20.3. The zero-order chi connectivity index (χ0) is 19.3. The zero-order valence-corrected chi connectivity index (χ0v) is 16.6. The van der Waals surface area contributed by atoms with Crippen LogP contribution >= 0.6 is 0 Å². The van der Waals surface area contributed by atoms with Crippen LogP contribution in [0.25, 0.3) is 0 Å². The van der Waals surface area contributed by atoms with Gasteiger partial charge >= 0.3 is 6.09 Å². The molecule has 1 aromatic rings. The van der Waals surface area contributed by atoms with Gasteiger partial charge in [0.05, 0.1) is 6.04 Å². The molecular formula is C21H32N2O3. The summed E-state index contributed by atoms with van der Waals surface area (Å²) < 4.78 is 5.34. The normalized spacial score (nSPS) is 16.5. The molecule has 5 nitrogen and oxygen atoms in total. The highest BCUT2D eigenvalue weighted by atomic mass is 16.6. The van der Waals surface area contributed by atoms with E-state index in [0.717, 1.165) is 12.0 Å². The summed E-state index contributed by atoms with van der Waals surface area (Å²) in [4.78, 5) is 27.0. The van der Waals surface area contributed by atoms with Crippen molar-refractivity contribution in [3.05, 3.63) is 35.9 Å². The van der Waals surface area contributed by atoms with E-state index in [2.05, 4.69) is 5.32 Å². The van der Waals surface area contributed by atoms with Crippen molar-refractivity contribution in [3.8, 4) is 0 Å². The molecule has 2 amide bonds. The largest absolute Gasteiger partial charge is 0.444 e. The Morgan fingerprint density at radius 2 is 1.85 bits per heavy atom. The van der Waals surface area contributed by atoms with E-state index in [-0.39, 0.29) is 11.9 Å². The molecule has 1 N–H and O–H groups in total. The number of benzene rings is 1. The van der Waals surface area contributed by atoms with E-state index in [9.17, 15) is 9.59 Å². The van der Waals surface area contributed by atoms with Crippen molar-refractivity contribution in [1.29, 1.82) is 0 Å². The van der Waals surface area contributed by atoms with Gasteiger partial charge in [0.15, 0.2) is 0 Å². The Balaban J connectivity index is 2.04. The number of nitrogens with zero attached hydrogens (tertiary/aromatic N) is 1. The van der Waals surface area contributed by atoms with Gasteiger partial charge < -0.3 is 15.0 Å². The molecule has 1 fully saturated rings. The Morgan fingerprint density at radius 3 is 2.38 bits per heavy atom. The van der Waals surface area contributed by atoms with Crippen LogP contribution in [0.3, 0.4) is 0 Å². The van der Waals surface area contributed by atoms with E-state index in [1.165, 1.54) is 12.8 Å². The summed E-state index contributed by atoms with van der Waals surface area (Å²) in [5, 5.41) is 2.79. The Kier molecular flexibility index (Phi) is 6.68. The Morgan fingerprint density at radius 1 is 1.23 bits per heavy atom. The van der Waals surface area contributed by atoms with Gasteiger partial charge in [-0.05, 0) is 52.0 Å². The number of carbonyl (C=O) groups excluding carboxylic acids is 2. The van der Waals surface area contributed by atoms with Crippen molar-refractivity contribution in [2.45, 2.75) is 71.1 Å². The Labute approximate surface area is 157 Å². The van der Waals surface area contributed by atoms with Crippen molar-refractivity contribution < 1.29 is 14.3 Å². The van der Waals surface area contributed by atoms with Crippen molar-refractivity contribution in [2.24, 2.45) is 5.92 Å². The molecule has 1 aliphatic rings. The third-order valence-electron chi connectivity index (χ3n) is 4.76. The number of alkyl carbamates (subject to hydrolysis) is 1. The van der Waals surface area contributed by atoms with E-state index in [1.807, 2.05) is 58.0 Å². The molecule has 1 saturated carbocycles. The summed E-state index contributed by atoms with van der Waals surface area (Å²) in [6.07, 6.45) is 3.52. The molecule has 144 valence electrons. The van der Waals surface area contributed by atoms with Gasteiger partial charge in [-0.15, -0.1) is 0 Å². The highest BCUT2D eigenvalue weighted by molar-refractivity contribution is 5.85. The minimum absolute atomic E-state index is 0.0624. The van der Waals surface area contributed by atoms with Crippen LogP contribution in [0.15, 0.2) is 30.3 Å². The van der Waals surface area contributed by atoms with Crippen LogP contribution < -0.4 is 5.32 Å². The van der Waals surface area contributed by atoms with Gasteiger partial charge in [0, 0.05) is 7.05 Å². The van der Waals surface area contributed by atoms with Gasteiger partial charge in [-0.2, -0.15) is 0 Å². The Bertz CT molecular complexity index is 605. The van der Waals surface area contributed by atoms with Gasteiger partial charge in [0.2, 0.25) is 5.91 Å². The molecule has 1 unspecified atom stereocenters. The van der Waals surface area contributed by atoms with Crippen LogP contribution in [0.1, 0.15) is 65.0 Å². The number of hydrogen-bond donors (Lipinski definition) is 1. The lowest BCUT2D eigenvalue weighted by Gasteiger charge is -2.30. The molecule has 2 rings (SSSR count). The fraction of sp³-hybridized carbons (Fsp3) is 0.619. The number of nitrogens with one attached hydrogen (secondary N) is 1. The maximum atomic E-state index is 13.0. The maximum absolute atomic E-state index is 13.0. The van der Waals surface area contributed by atoms with Crippen molar-refractivity contribution >= 4 is 12.0 Å². The van der Waals surface area contributed by atoms with Crippen LogP contribution in [0.5, 0.6) is 0 Å². The molecule has 5 heteroatoms. The summed E-state index contributed by atoms with van der Waals surface area (Å²) in [7, 11) is 1.79. The van der Waals surface area contributed by atoms with Crippen molar-refractivity contribution in [3.63, 3.8) is 0 Å². The SMILES string of the molecule is C[C@H](c1ccccc1)N(C)C(=O)C(CCC1CC1)NC(=O)OC(C)(C)C. The summed E-state index contributed by atoms with van der Waals surface area (Å²) in [6.45, 7) is 7.45. The topological polar surface area (TPSA) is 58.6 Å². The first-order valence-electron chi connectivity index (χ1n) is 9.48. The Hall–Kier alpha value is -2.04. The molecule has 26 heavy (non-hydrogen) atoms. The predicted molar refractivity (Wildman–Crippen MR) is 103 cm³/mol. The number of amides is 2. The van der Waals surface area contributed by atoms with Crippen LogP contribution in [0.2, 0.25) is 0 Å². The number of likely N-dealkylation sites (N-methyl/N-ethyl adjacent to an activating group) is 1. The maximum Gasteiger partial charge on any atom is 0.408 e. The lowest BCUT2D eigenvalue weighted by Crippen LogP contribution is -2.49. The first-order chi connectivity index (χ1) is 12.2. The molecule has 0 bridgehead atoms. The second-order valence-electron chi connectivity index (χ2n) is 8.26. The quantitative estimate of drug-likeness (QED) is 0.789. The number of carbonyl (C=O) groups is 2. The lowest BCUT2D eigenvalue weighted by atomic mass is 10.0. The van der Waals surface area contributed by atoms with Crippen molar-refractivity contribution in [1.82, 2.24) is 10.2 Å². The molecule has 0 saturated heterocycles. The summed E-state index contributed by atoms with van der Waals surface area (Å²) in [5.74, 6) is 0.621. The van der Waals surface area contributed by atoms with E-state index in [0.29, 0.717) is 12.3 Å². The zero-order valence-electron chi connectivity index (χ0n) is 16.6.